The number of aliphatic hydroxyl groups excluding tert-OH is 3. The molecule has 0 spiro atoms. The molecule has 0 bridgehead atoms. The first-order chi connectivity index (χ1) is 15.8. The molecule has 1 rings (SSSR count). The van der Waals surface area contributed by atoms with E-state index >= 15 is 0 Å². The third-order valence-corrected chi connectivity index (χ3v) is 6.70. The van der Waals surface area contributed by atoms with Gasteiger partial charge in [-0.2, -0.15) is 4.31 Å². The lowest BCUT2D eigenvalue weighted by Crippen LogP contribution is -2.39. The van der Waals surface area contributed by atoms with Gasteiger partial charge in [0.1, 0.15) is 12.4 Å². The van der Waals surface area contributed by atoms with Gasteiger partial charge in [-0.3, -0.25) is 0 Å². The third-order valence-electron chi connectivity index (χ3n) is 5.00. The van der Waals surface area contributed by atoms with Crippen LogP contribution in [0.5, 0.6) is 5.75 Å². The predicted molar refractivity (Wildman–Crippen MR) is 127 cm³/mol. The van der Waals surface area contributed by atoms with E-state index in [1.165, 1.54) is 43.2 Å². The molecule has 0 atom stereocenters. The summed E-state index contributed by atoms with van der Waals surface area (Å²) in [5, 5.41) is 28.4. The number of phosphoric acid groups is 2. The fraction of sp³-hybridized carbons (Fsp3) is 0.714. The zero-order valence-electron chi connectivity index (χ0n) is 19.9. The van der Waals surface area contributed by atoms with Crippen molar-refractivity contribution < 1.29 is 53.1 Å². The highest BCUT2D eigenvalue weighted by Crippen LogP contribution is 2.53. The number of ether oxygens (including phenoxy) is 1. The molecule has 0 aliphatic heterocycles. The summed E-state index contributed by atoms with van der Waals surface area (Å²) in [6.07, 6.45) is 9.20. The molecule has 11 nitrogen and oxygen atoms in total. The minimum Gasteiger partial charge on any atom is -0.492 e. The molecule has 0 amide bonds. The number of benzene rings is 1. The SMILES string of the molecule is CCCCCc1ccc(OCC(CO)(CO)CO)c(CCCCC)c1.O=P(O)(O)OP(=O)(O)O. The van der Waals surface area contributed by atoms with Gasteiger partial charge in [-0.1, -0.05) is 51.7 Å². The van der Waals surface area contributed by atoms with E-state index in [0.29, 0.717) is 0 Å². The zero-order valence-corrected chi connectivity index (χ0v) is 21.7. The molecule has 200 valence electrons. The fourth-order valence-electron chi connectivity index (χ4n) is 2.93. The van der Waals surface area contributed by atoms with Crippen molar-refractivity contribution in [2.45, 2.75) is 65.2 Å². The maximum Gasteiger partial charge on any atom is 0.478 e. The van der Waals surface area contributed by atoms with Crippen LogP contribution >= 0.6 is 15.6 Å². The van der Waals surface area contributed by atoms with Crippen molar-refractivity contribution in [3.8, 4) is 5.75 Å². The van der Waals surface area contributed by atoms with Crippen LogP contribution in [0.15, 0.2) is 18.2 Å². The van der Waals surface area contributed by atoms with Gasteiger partial charge < -0.3 is 39.6 Å². The van der Waals surface area contributed by atoms with E-state index in [0.717, 1.165) is 25.0 Å². The monoisotopic (exact) mass is 530 g/mol. The summed E-state index contributed by atoms with van der Waals surface area (Å²) >= 11 is 0. The van der Waals surface area contributed by atoms with Gasteiger partial charge in [0.15, 0.2) is 0 Å². The van der Waals surface area contributed by atoms with Crippen molar-refractivity contribution in [3.63, 3.8) is 0 Å². The Hall–Kier alpha value is -0.840. The van der Waals surface area contributed by atoms with Crippen LogP contribution in [0.1, 0.15) is 63.5 Å². The highest BCUT2D eigenvalue weighted by Gasteiger charge is 2.30. The average Bonchev–Trinajstić information content (AvgIpc) is 2.74. The molecule has 7 N–H and O–H groups in total. The van der Waals surface area contributed by atoms with E-state index in [-0.39, 0.29) is 26.4 Å². The molecule has 0 radical (unpaired) electrons. The van der Waals surface area contributed by atoms with Gasteiger partial charge in [0, 0.05) is 0 Å². The number of aryl methyl sites for hydroxylation is 2. The van der Waals surface area contributed by atoms with E-state index < -0.39 is 21.1 Å². The summed E-state index contributed by atoms with van der Waals surface area (Å²) in [6.45, 7) is 3.59. The zero-order chi connectivity index (χ0) is 26.3. The summed E-state index contributed by atoms with van der Waals surface area (Å²) in [5.74, 6) is 0.801. The Balaban J connectivity index is 0.00000102. The van der Waals surface area contributed by atoms with E-state index in [1.807, 2.05) is 6.07 Å². The number of hydrogen-bond donors (Lipinski definition) is 7. The molecule has 0 aliphatic rings. The summed E-state index contributed by atoms with van der Waals surface area (Å²) in [7, 11) is -10.1. The molecule has 0 heterocycles. The Morgan fingerprint density at radius 2 is 1.29 bits per heavy atom. The van der Waals surface area contributed by atoms with E-state index in [4.69, 9.17) is 24.3 Å². The van der Waals surface area contributed by atoms with Crippen molar-refractivity contribution in [2.75, 3.05) is 26.4 Å². The van der Waals surface area contributed by atoms with Crippen LogP contribution in [0.2, 0.25) is 0 Å². The second-order valence-electron chi connectivity index (χ2n) is 8.18. The minimum atomic E-state index is -5.05. The van der Waals surface area contributed by atoms with E-state index in [2.05, 4.69) is 30.3 Å². The van der Waals surface area contributed by atoms with Gasteiger partial charge in [0.05, 0.1) is 25.2 Å². The van der Waals surface area contributed by atoms with Crippen molar-refractivity contribution in [1.82, 2.24) is 0 Å². The molecule has 1 aromatic carbocycles. The number of aliphatic hydroxyl groups is 3. The van der Waals surface area contributed by atoms with Gasteiger partial charge in [-0.15, -0.1) is 0 Å². The Bertz CT molecular complexity index is 744. The number of hydrogen-bond acceptors (Lipinski definition) is 7. The molecular formula is C21H40O11P2. The first-order valence-electron chi connectivity index (χ1n) is 11.2. The van der Waals surface area contributed by atoms with Crippen LogP contribution < -0.4 is 4.74 Å². The van der Waals surface area contributed by atoms with Crippen LogP contribution in [-0.4, -0.2) is 61.3 Å². The smallest absolute Gasteiger partial charge is 0.478 e. The van der Waals surface area contributed by atoms with Crippen molar-refractivity contribution in [1.29, 1.82) is 0 Å². The maximum absolute atomic E-state index is 9.63. The lowest BCUT2D eigenvalue weighted by Gasteiger charge is -2.27. The Labute approximate surface area is 201 Å². The first kappa shape index (κ1) is 33.2. The Kier molecular flexibility index (Phi) is 16.3. The summed E-state index contributed by atoms with van der Waals surface area (Å²) in [4.78, 5) is 31.0. The summed E-state index contributed by atoms with van der Waals surface area (Å²) in [6, 6.07) is 6.34. The van der Waals surface area contributed by atoms with Gasteiger partial charge in [0.2, 0.25) is 0 Å². The second kappa shape index (κ2) is 16.8. The highest BCUT2D eigenvalue weighted by atomic mass is 31.3. The highest BCUT2D eigenvalue weighted by molar-refractivity contribution is 7.60. The average molecular weight is 530 g/mol. The first-order valence-corrected chi connectivity index (χ1v) is 14.3. The van der Waals surface area contributed by atoms with Crippen molar-refractivity contribution in [2.24, 2.45) is 5.41 Å². The van der Waals surface area contributed by atoms with Crippen LogP contribution in [0, 0.1) is 5.41 Å². The quantitative estimate of drug-likeness (QED) is 0.123. The summed E-state index contributed by atoms with van der Waals surface area (Å²) in [5.41, 5.74) is 1.52. The molecule has 0 saturated carbocycles. The molecule has 1 aromatic rings. The second-order valence-corrected chi connectivity index (χ2v) is 10.8. The normalized spacial score (nSPS) is 12.3. The standard InChI is InChI=1S/C21H36O4.H4O7P2/c1-3-5-7-9-18-11-12-20(19(13-18)10-8-6-4-2)25-17-21(14-22,15-23)16-24;1-8(2,3)7-9(4,5)6/h11-13,22-24H,3-10,14-17H2,1-2H3;(H2,1,2,3)(H2,4,5,6). The van der Waals surface area contributed by atoms with E-state index in [9.17, 15) is 24.4 Å². The topological polar surface area (TPSA) is 194 Å². The minimum absolute atomic E-state index is 0.104. The van der Waals surface area contributed by atoms with Gasteiger partial charge in [0.25, 0.3) is 0 Å². The third kappa shape index (κ3) is 15.2. The van der Waals surface area contributed by atoms with E-state index in [1.54, 1.807) is 0 Å². The molecule has 0 fully saturated rings. The van der Waals surface area contributed by atoms with Gasteiger partial charge >= 0.3 is 15.6 Å². The molecule has 13 heteroatoms. The maximum atomic E-state index is 9.63. The van der Waals surface area contributed by atoms with Crippen LogP contribution in [0.25, 0.3) is 0 Å². The molecule has 0 unspecified atom stereocenters. The van der Waals surface area contributed by atoms with Gasteiger partial charge in [-0.05, 0) is 42.9 Å². The molecule has 0 saturated heterocycles. The van der Waals surface area contributed by atoms with Crippen molar-refractivity contribution >= 4 is 15.6 Å². The number of rotatable bonds is 16. The lowest BCUT2D eigenvalue weighted by molar-refractivity contribution is -0.0260. The molecule has 0 aliphatic carbocycles. The Morgan fingerprint density at radius 3 is 1.71 bits per heavy atom. The largest absolute Gasteiger partial charge is 0.492 e. The lowest BCUT2D eigenvalue weighted by atomic mass is 9.92. The molecular weight excluding hydrogens is 490 g/mol. The molecule has 0 aromatic heterocycles. The summed E-state index contributed by atoms with van der Waals surface area (Å²) < 4.78 is 28.1. The van der Waals surface area contributed by atoms with Crippen LogP contribution in [0.3, 0.4) is 0 Å². The molecule has 34 heavy (non-hydrogen) atoms. The van der Waals surface area contributed by atoms with Crippen LogP contribution in [-0.2, 0) is 26.3 Å². The fourth-order valence-corrected chi connectivity index (χ4v) is 4.03. The van der Waals surface area contributed by atoms with Crippen LogP contribution in [0.4, 0.5) is 0 Å². The number of unbranched alkanes of at least 4 members (excludes halogenated alkanes) is 4. The predicted octanol–water partition coefficient (Wildman–Crippen LogP) is 2.68. The Morgan fingerprint density at radius 1 is 0.794 bits per heavy atom. The van der Waals surface area contributed by atoms with Crippen molar-refractivity contribution in [3.05, 3.63) is 29.3 Å². The van der Waals surface area contributed by atoms with Gasteiger partial charge in [-0.25, -0.2) is 9.13 Å².